The molecule has 0 saturated heterocycles. The first-order chi connectivity index (χ1) is 6.67. The van der Waals surface area contributed by atoms with Crippen LogP contribution in [-0.4, -0.2) is 43.8 Å². The molecule has 0 bridgehead atoms. The van der Waals surface area contributed by atoms with E-state index in [0.717, 1.165) is 13.0 Å². The van der Waals surface area contributed by atoms with Crippen LogP contribution < -0.4 is 5.32 Å². The minimum atomic E-state index is -0.210. The zero-order valence-corrected chi connectivity index (χ0v) is 9.67. The maximum atomic E-state index is 11.5. The van der Waals surface area contributed by atoms with Crippen LogP contribution >= 0.6 is 0 Å². The Morgan fingerprint density at radius 2 is 2.14 bits per heavy atom. The van der Waals surface area contributed by atoms with E-state index in [9.17, 15) is 4.79 Å². The summed E-state index contributed by atoms with van der Waals surface area (Å²) < 4.78 is 4.96. The summed E-state index contributed by atoms with van der Waals surface area (Å²) in [4.78, 5) is 13.2. The number of hydrogen-bond donors (Lipinski definition) is 1. The second-order valence-electron chi connectivity index (χ2n) is 3.23. The summed E-state index contributed by atoms with van der Waals surface area (Å²) in [6, 6.07) is 0.228. The molecule has 4 nitrogen and oxygen atoms in total. The average molecular weight is 202 g/mol. The summed E-state index contributed by atoms with van der Waals surface area (Å²) in [6.45, 7) is 7.88. The molecule has 0 radical (unpaired) electrons. The van der Waals surface area contributed by atoms with E-state index in [1.807, 2.05) is 27.8 Å². The van der Waals surface area contributed by atoms with Gasteiger partial charge in [0.05, 0.1) is 6.61 Å². The van der Waals surface area contributed by atoms with Crippen LogP contribution in [0.5, 0.6) is 0 Å². The Morgan fingerprint density at radius 1 is 1.50 bits per heavy atom. The van der Waals surface area contributed by atoms with Crippen molar-refractivity contribution >= 4 is 6.09 Å². The fourth-order valence-corrected chi connectivity index (χ4v) is 1.34. The van der Waals surface area contributed by atoms with E-state index in [1.165, 1.54) is 0 Å². The van der Waals surface area contributed by atoms with E-state index >= 15 is 0 Å². The molecule has 14 heavy (non-hydrogen) atoms. The summed E-state index contributed by atoms with van der Waals surface area (Å²) >= 11 is 0. The third kappa shape index (κ3) is 4.46. The Labute approximate surface area is 86.6 Å². The van der Waals surface area contributed by atoms with Crippen LogP contribution in [-0.2, 0) is 4.74 Å². The molecule has 1 unspecified atom stereocenters. The lowest BCUT2D eigenvalue weighted by Gasteiger charge is -2.26. The molecule has 1 N–H and O–H groups in total. The highest BCUT2D eigenvalue weighted by Crippen LogP contribution is 2.05. The van der Waals surface area contributed by atoms with Crippen LogP contribution in [0.3, 0.4) is 0 Å². The van der Waals surface area contributed by atoms with Crippen molar-refractivity contribution in [1.82, 2.24) is 10.2 Å². The van der Waals surface area contributed by atoms with Gasteiger partial charge in [-0.1, -0.05) is 0 Å². The molecule has 84 valence electrons. The molecule has 0 aliphatic carbocycles. The fraction of sp³-hybridized carbons (Fsp3) is 0.900. The second kappa shape index (κ2) is 7.62. The Morgan fingerprint density at radius 3 is 2.57 bits per heavy atom. The standard InChI is InChI=1S/C10H22N2O2/c1-5-12(10(13)14-6-2)9(3)7-8-11-4/h9,11H,5-8H2,1-4H3. The third-order valence-electron chi connectivity index (χ3n) is 2.19. The summed E-state index contributed by atoms with van der Waals surface area (Å²) in [6.07, 6.45) is 0.738. The second-order valence-corrected chi connectivity index (χ2v) is 3.23. The fourth-order valence-electron chi connectivity index (χ4n) is 1.34. The molecule has 4 heteroatoms. The molecule has 0 spiro atoms. The molecule has 0 aromatic carbocycles. The van der Waals surface area contributed by atoms with Crippen LogP contribution in [0.2, 0.25) is 0 Å². The van der Waals surface area contributed by atoms with Crippen molar-refractivity contribution < 1.29 is 9.53 Å². The molecule has 0 heterocycles. The molecular weight excluding hydrogens is 180 g/mol. The zero-order chi connectivity index (χ0) is 11.0. The van der Waals surface area contributed by atoms with E-state index in [2.05, 4.69) is 5.32 Å². The first-order valence-electron chi connectivity index (χ1n) is 5.25. The van der Waals surface area contributed by atoms with Gasteiger partial charge in [0.2, 0.25) is 0 Å². The van der Waals surface area contributed by atoms with Gasteiger partial charge in [-0.3, -0.25) is 0 Å². The van der Waals surface area contributed by atoms with Crippen LogP contribution in [0, 0.1) is 0 Å². The molecule has 0 aliphatic heterocycles. The van der Waals surface area contributed by atoms with E-state index in [-0.39, 0.29) is 12.1 Å². The molecular formula is C10H22N2O2. The van der Waals surface area contributed by atoms with Gasteiger partial charge in [-0.15, -0.1) is 0 Å². The molecule has 0 fully saturated rings. The van der Waals surface area contributed by atoms with E-state index in [4.69, 9.17) is 4.74 Å². The summed E-state index contributed by atoms with van der Waals surface area (Å²) in [5.74, 6) is 0. The van der Waals surface area contributed by atoms with Gasteiger partial charge in [-0.2, -0.15) is 0 Å². The lowest BCUT2D eigenvalue weighted by atomic mass is 10.2. The monoisotopic (exact) mass is 202 g/mol. The molecule has 0 aromatic rings. The molecule has 1 amide bonds. The Hall–Kier alpha value is -0.770. The van der Waals surface area contributed by atoms with Gasteiger partial charge in [0, 0.05) is 12.6 Å². The summed E-state index contributed by atoms with van der Waals surface area (Å²) in [5.41, 5.74) is 0. The molecule has 1 atom stereocenters. The number of rotatable bonds is 6. The maximum absolute atomic E-state index is 11.5. The van der Waals surface area contributed by atoms with Crippen LogP contribution in [0.15, 0.2) is 0 Å². The number of ether oxygens (including phenoxy) is 1. The lowest BCUT2D eigenvalue weighted by molar-refractivity contribution is 0.0939. The number of hydrogen-bond acceptors (Lipinski definition) is 3. The molecule has 0 rings (SSSR count). The van der Waals surface area contributed by atoms with Gasteiger partial charge < -0.3 is 15.0 Å². The van der Waals surface area contributed by atoms with Crippen molar-refractivity contribution in [3.05, 3.63) is 0 Å². The van der Waals surface area contributed by atoms with Crippen molar-refractivity contribution in [2.24, 2.45) is 0 Å². The average Bonchev–Trinajstić information content (AvgIpc) is 2.16. The zero-order valence-electron chi connectivity index (χ0n) is 9.67. The maximum Gasteiger partial charge on any atom is 0.409 e. The lowest BCUT2D eigenvalue weighted by Crippen LogP contribution is -2.40. The van der Waals surface area contributed by atoms with Crippen molar-refractivity contribution in [3.8, 4) is 0 Å². The van der Waals surface area contributed by atoms with Gasteiger partial charge in [0.15, 0.2) is 0 Å². The van der Waals surface area contributed by atoms with Gasteiger partial charge in [0.25, 0.3) is 0 Å². The topological polar surface area (TPSA) is 41.6 Å². The van der Waals surface area contributed by atoms with Crippen LogP contribution in [0.1, 0.15) is 27.2 Å². The highest BCUT2D eigenvalue weighted by Gasteiger charge is 2.18. The number of carbonyl (C=O) groups excluding carboxylic acids is 1. The smallest absolute Gasteiger partial charge is 0.409 e. The highest BCUT2D eigenvalue weighted by molar-refractivity contribution is 5.67. The van der Waals surface area contributed by atoms with Gasteiger partial charge in [0.1, 0.15) is 0 Å². The number of carbonyl (C=O) groups is 1. The first kappa shape index (κ1) is 13.2. The molecule has 0 aliphatic rings. The van der Waals surface area contributed by atoms with Crippen molar-refractivity contribution in [1.29, 1.82) is 0 Å². The number of nitrogens with one attached hydrogen (secondary N) is 1. The van der Waals surface area contributed by atoms with Gasteiger partial charge in [-0.05, 0) is 40.8 Å². The highest BCUT2D eigenvalue weighted by atomic mass is 16.6. The van der Waals surface area contributed by atoms with Crippen molar-refractivity contribution in [3.63, 3.8) is 0 Å². The minimum absolute atomic E-state index is 0.210. The predicted octanol–water partition coefficient (Wildman–Crippen LogP) is 1.46. The summed E-state index contributed by atoms with van der Waals surface area (Å²) in [5, 5.41) is 3.07. The van der Waals surface area contributed by atoms with Crippen molar-refractivity contribution in [2.45, 2.75) is 33.2 Å². The summed E-state index contributed by atoms with van der Waals surface area (Å²) in [7, 11) is 1.91. The normalized spacial score (nSPS) is 12.3. The third-order valence-corrected chi connectivity index (χ3v) is 2.19. The largest absolute Gasteiger partial charge is 0.450 e. The number of amides is 1. The SMILES string of the molecule is CCOC(=O)N(CC)C(C)CCNC. The quantitative estimate of drug-likeness (QED) is 0.709. The van der Waals surface area contributed by atoms with Crippen molar-refractivity contribution in [2.75, 3.05) is 26.7 Å². The van der Waals surface area contributed by atoms with Gasteiger partial charge >= 0.3 is 6.09 Å². The minimum Gasteiger partial charge on any atom is -0.450 e. The van der Waals surface area contributed by atoms with E-state index < -0.39 is 0 Å². The Balaban J connectivity index is 4.03. The molecule has 0 saturated carbocycles. The van der Waals surface area contributed by atoms with Crippen LogP contribution in [0.4, 0.5) is 4.79 Å². The Bertz CT molecular complexity index is 162. The predicted molar refractivity (Wildman–Crippen MR) is 57.4 cm³/mol. The van der Waals surface area contributed by atoms with Gasteiger partial charge in [-0.25, -0.2) is 4.79 Å². The van der Waals surface area contributed by atoms with E-state index in [0.29, 0.717) is 13.2 Å². The first-order valence-corrected chi connectivity index (χ1v) is 5.25. The Kier molecular flexibility index (Phi) is 7.20. The molecule has 0 aromatic heterocycles. The number of nitrogens with zero attached hydrogens (tertiary/aromatic N) is 1. The van der Waals surface area contributed by atoms with Crippen LogP contribution in [0.25, 0.3) is 0 Å². The van der Waals surface area contributed by atoms with E-state index in [1.54, 1.807) is 4.90 Å².